The predicted octanol–water partition coefficient (Wildman–Crippen LogP) is 5.33. The molecule has 0 saturated carbocycles. The zero-order valence-electron chi connectivity index (χ0n) is 18.7. The number of aromatic nitrogens is 4. The Hall–Kier alpha value is -4.19. The number of rotatable bonds is 7. The number of benzene rings is 2. The fraction of sp³-hybridized carbons (Fsp3) is 0.148. The Bertz CT molecular complexity index is 1330. The van der Waals surface area contributed by atoms with Crippen LogP contribution >= 0.6 is 0 Å². The maximum atomic E-state index is 4.93. The maximum absolute atomic E-state index is 4.93. The van der Waals surface area contributed by atoms with Crippen molar-refractivity contribution in [3.63, 3.8) is 0 Å². The molecule has 6 nitrogen and oxygen atoms in total. The zero-order chi connectivity index (χ0) is 22.6. The molecule has 0 aliphatic rings. The van der Waals surface area contributed by atoms with Crippen molar-refractivity contribution in [3.05, 3.63) is 103 Å². The molecule has 0 bridgehead atoms. The number of hydrogen-bond acceptors (Lipinski definition) is 5. The van der Waals surface area contributed by atoms with E-state index in [2.05, 4.69) is 62.6 Å². The van der Waals surface area contributed by atoms with E-state index in [0.29, 0.717) is 12.4 Å². The second kappa shape index (κ2) is 9.12. The van der Waals surface area contributed by atoms with Gasteiger partial charge >= 0.3 is 0 Å². The molecule has 0 aliphatic carbocycles. The van der Waals surface area contributed by atoms with E-state index in [0.717, 1.165) is 39.2 Å². The summed E-state index contributed by atoms with van der Waals surface area (Å²) < 4.78 is 0. The molecule has 1 unspecified atom stereocenters. The van der Waals surface area contributed by atoms with Gasteiger partial charge in [-0.05, 0) is 60.2 Å². The number of aromatic amines is 1. The largest absolute Gasteiger partial charge is 0.378 e. The van der Waals surface area contributed by atoms with E-state index in [9.17, 15) is 0 Å². The van der Waals surface area contributed by atoms with E-state index >= 15 is 0 Å². The van der Waals surface area contributed by atoms with Crippen molar-refractivity contribution >= 4 is 22.4 Å². The number of fused-ring (bicyclic) bond motifs is 1. The van der Waals surface area contributed by atoms with Crippen molar-refractivity contribution in [1.82, 2.24) is 19.9 Å². The first-order valence-electron chi connectivity index (χ1n) is 11.0. The van der Waals surface area contributed by atoms with E-state index < -0.39 is 0 Å². The highest BCUT2D eigenvalue weighted by atomic mass is 15.1. The van der Waals surface area contributed by atoms with Crippen molar-refractivity contribution in [2.75, 3.05) is 30.9 Å². The minimum absolute atomic E-state index is 0.116. The van der Waals surface area contributed by atoms with Crippen LogP contribution in [0.3, 0.4) is 0 Å². The summed E-state index contributed by atoms with van der Waals surface area (Å²) in [5.74, 6) is 1.65. The van der Waals surface area contributed by atoms with Gasteiger partial charge in [0.2, 0.25) is 0 Å². The number of pyridine rings is 1. The fourth-order valence-electron chi connectivity index (χ4n) is 4.00. The van der Waals surface area contributed by atoms with Gasteiger partial charge in [-0.2, -0.15) is 0 Å². The lowest BCUT2D eigenvalue weighted by Gasteiger charge is -2.18. The van der Waals surface area contributed by atoms with E-state index in [1.807, 2.05) is 56.8 Å². The van der Waals surface area contributed by atoms with Crippen LogP contribution in [0.2, 0.25) is 0 Å². The molecule has 2 aromatic carbocycles. The van der Waals surface area contributed by atoms with Gasteiger partial charge in [-0.25, -0.2) is 9.97 Å². The first kappa shape index (κ1) is 20.7. The lowest BCUT2D eigenvalue weighted by molar-refractivity contribution is 0.816. The summed E-state index contributed by atoms with van der Waals surface area (Å²) in [6, 6.07) is 24.6. The van der Waals surface area contributed by atoms with Gasteiger partial charge in [0, 0.05) is 67.5 Å². The van der Waals surface area contributed by atoms with Crippen molar-refractivity contribution in [1.29, 1.82) is 0 Å². The number of anilines is 2. The van der Waals surface area contributed by atoms with Crippen LogP contribution in [0, 0.1) is 0 Å². The maximum Gasteiger partial charge on any atom is 0.162 e. The lowest BCUT2D eigenvalue weighted by atomic mass is 9.97. The van der Waals surface area contributed by atoms with Crippen molar-refractivity contribution < 1.29 is 0 Å². The van der Waals surface area contributed by atoms with Crippen molar-refractivity contribution in [2.45, 2.75) is 5.92 Å². The number of H-pyrrole nitrogens is 1. The highest BCUT2D eigenvalue weighted by molar-refractivity contribution is 5.90. The number of nitrogens with zero attached hydrogens (tertiary/aromatic N) is 4. The molecule has 0 spiro atoms. The zero-order valence-corrected chi connectivity index (χ0v) is 18.7. The molecule has 5 rings (SSSR count). The second-order valence-corrected chi connectivity index (χ2v) is 8.20. The molecular formula is C27H26N6. The summed E-state index contributed by atoms with van der Waals surface area (Å²) >= 11 is 0. The monoisotopic (exact) mass is 434 g/mol. The van der Waals surface area contributed by atoms with Crippen LogP contribution < -0.4 is 10.2 Å². The Morgan fingerprint density at radius 1 is 0.909 bits per heavy atom. The molecule has 3 heterocycles. The topological polar surface area (TPSA) is 69.7 Å². The van der Waals surface area contributed by atoms with E-state index in [1.165, 1.54) is 0 Å². The quantitative estimate of drug-likeness (QED) is 0.362. The second-order valence-electron chi connectivity index (χ2n) is 8.20. The van der Waals surface area contributed by atoms with Gasteiger partial charge in [-0.3, -0.25) is 4.98 Å². The third kappa shape index (κ3) is 4.41. The average molecular weight is 435 g/mol. The minimum Gasteiger partial charge on any atom is -0.378 e. The molecule has 3 aromatic heterocycles. The van der Waals surface area contributed by atoms with Crippen LogP contribution in [-0.4, -0.2) is 40.6 Å². The Morgan fingerprint density at radius 2 is 1.76 bits per heavy atom. The van der Waals surface area contributed by atoms with E-state index in [1.54, 1.807) is 6.20 Å². The molecular weight excluding hydrogens is 408 g/mol. The van der Waals surface area contributed by atoms with Gasteiger partial charge in [-0.1, -0.05) is 18.2 Å². The van der Waals surface area contributed by atoms with Gasteiger partial charge < -0.3 is 15.2 Å². The highest BCUT2D eigenvalue weighted by Crippen LogP contribution is 2.28. The molecule has 0 amide bonds. The van der Waals surface area contributed by atoms with Crippen molar-refractivity contribution in [2.24, 2.45) is 0 Å². The minimum atomic E-state index is 0.116. The molecule has 0 aliphatic heterocycles. The molecule has 0 fully saturated rings. The Labute approximate surface area is 193 Å². The Morgan fingerprint density at radius 3 is 2.48 bits per heavy atom. The third-order valence-electron chi connectivity index (χ3n) is 5.80. The summed E-state index contributed by atoms with van der Waals surface area (Å²) in [7, 11) is 4.07. The average Bonchev–Trinajstić information content (AvgIpc) is 3.39. The smallest absolute Gasteiger partial charge is 0.162 e. The van der Waals surface area contributed by atoms with E-state index in [4.69, 9.17) is 9.97 Å². The normalized spacial score (nSPS) is 11.9. The molecule has 0 saturated heterocycles. The van der Waals surface area contributed by atoms with Crippen molar-refractivity contribution in [3.8, 4) is 11.4 Å². The number of nitrogens with one attached hydrogen (secondary N) is 2. The summed E-state index contributed by atoms with van der Waals surface area (Å²) in [5.41, 5.74) is 5.32. The molecule has 33 heavy (non-hydrogen) atoms. The highest BCUT2D eigenvalue weighted by Gasteiger charge is 2.17. The van der Waals surface area contributed by atoms with Gasteiger partial charge in [0.1, 0.15) is 5.82 Å². The number of para-hydroxylation sites is 1. The number of hydrogen-bond donors (Lipinski definition) is 2. The van der Waals surface area contributed by atoms with Gasteiger partial charge in [0.25, 0.3) is 0 Å². The van der Waals surface area contributed by atoms with Gasteiger partial charge in [-0.15, -0.1) is 0 Å². The molecule has 6 heteroatoms. The SMILES string of the molecule is CN(C)c1ccc(-c2nc(NCC(c3cccnc3)c3ccc[nH]3)c3ccccc3n2)cc1. The van der Waals surface area contributed by atoms with Crippen LogP contribution in [0.15, 0.2) is 91.4 Å². The Balaban J connectivity index is 1.50. The summed E-state index contributed by atoms with van der Waals surface area (Å²) in [6.45, 7) is 0.673. The summed E-state index contributed by atoms with van der Waals surface area (Å²) in [4.78, 5) is 19.5. The molecule has 5 aromatic rings. The predicted molar refractivity (Wildman–Crippen MR) is 135 cm³/mol. The van der Waals surface area contributed by atoms with E-state index in [-0.39, 0.29) is 5.92 Å². The summed E-state index contributed by atoms with van der Waals surface area (Å²) in [6.07, 6.45) is 5.67. The van der Waals surface area contributed by atoms with Crippen LogP contribution in [-0.2, 0) is 0 Å². The van der Waals surface area contributed by atoms with Crippen LogP contribution in [0.25, 0.3) is 22.3 Å². The van der Waals surface area contributed by atoms with Gasteiger partial charge in [0.05, 0.1) is 5.52 Å². The van der Waals surface area contributed by atoms with Crippen LogP contribution in [0.1, 0.15) is 17.2 Å². The molecule has 164 valence electrons. The lowest BCUT2D eigenvalue weighted by Crippen LogP contribution is -2.16. The summed E-state index contributed by atoms with van der Waals surface area (Å²) in [5, 5.41) is 4.61. The molecule has 0 radical (unpaired) electrons. The standard InChI is InChI=1S/C27H26N6/c1-33(2)21-13-11-19(12-14-21)26-31-25-9-4-3-8-22(25)27(32-26)30-18-23(24-10-6-16-29-24)20-7-5-15-28-17-20/h3-17,23,29H,18H2,1-2H3,(H,30,31,32). The van der Waals surface area contributed by atoms with Gasteiger partial charge in [0.15, 0.2) is 5.82 Å². The third-order valence-corrected chi connectivity index (χ3v) is 5.80. The molecule has 1 atom stereocenters. The first-order chi connectivity index (χ1) is 16.2. The van der Waals surface area contributed by atoms with Crippen LogP contribution in [0.4, 0.5) is 11.5 Å². The molecule has 2 N–H and O–H groups in total. The first-order valence-corrected chi connectivity index (χ1v) is 11.0. The Kier molecular flexibility index (Phi) is 5.72. The van der Waals surface area contributed by atoms with Crippen LogP contribution in [0.5, 0.6) is 0 Å². The fourth-order valence-corrected chi connectivity index (χ4v) is 4.00.